The van der Waals surface area contributed by atoms with Gasteiger partial charge in [-0.1, -0.05) is 18.2 Å². The fraction of sp³-hybridized carbons (Fsp3) is 0.250. The first kappa shape index (κ1) is 18.4. The minimum atomic E-state index is -1.13. The molecular weight excluding hydrogens is 346 g/mol. The molecular formula is C20H21N3O4. The van der Waals surface area contributed by atoms with Crippen LogP contribution < -0.4 is 0 Å². The molecule has 0 spiro atoms. The molecule has 3 aromatic rings. The summed E-state index contributed by atoms with van der Waals surface area (Å²) in [5, 5.41) is 13.6. The third-order valence-corrected chi connectivity index (χ3v) is 4.58. The second-order valence-electron chi connectivity index (χ2n) is 6.51. The van der Waals surface area contributed by atoms with Gasteiger partial charge < -0.3 is 14.4 Å². The van der Waals surface area contributed by atoms with Gasteiger partial charge in [0.1, 0.15) is 6.26 Å². The standard InChI is InChI=1S/C20H21N3O4/c1-12-7-5-6-8-17(12)23-14(3)16(13(2)21-23)10-22(4)19(24)18-9-15(11-27-18)20(25)26/h5-9,11H,10H2,1-4H3,(H,25,26). The molecule has 0 aliphatic heterocycles. The van der Waals surface area contributed by atoms with Gasteiger partial charge >= 0.3 is 5.97 Å². The number of nitrogens with zero attached hydrogens (tertiary/aromatic N) is 3. The second-order valence-corrected chi connectivity index (χ2v) is 6.51. The van der Waals surface area contributed by atoms with Crippen molar-refractivity contribution >= 4 is 11.9 Å². The number of carbonyl (C=O) groups is 2. The quantitative estimate of drug-likeness (QED) is 0.747. The van der Waals surface area contributed by atoms with Crippen LogP contribution in [0.2, 0.25) is 0 Å². The molecule has 1 N–H and O–H groups in total. The van der Waals surface area contributed by atoms with E-state index in [-0.39, 0.29) is 17.2 Å². The van der Waals surface area contributed by atoms with Crippen LogP contribution in [0.1, 0.15) is 43.4 Å². The first-order valence-corrected chi connectivity index (χ1v) is 8.48. The normalized spacial score (nSPS) is 10.8. The Hall–Kier alpha value is -3.35. The van der Waals surface area contributed by atoms with Crippen LogP contribution in [-0.2, 0) is 6.54 Å². The van der Waals surface area contributed by atoms with E-state index in [1.54, 1.807) is 7.05 Å². The molecule has 3 rings (SSSR count). The summed E-state index contributed by atoms with van der Waals surface area (Å²) in [6, 6.07) is 9.21. The lowest BCUT2D eigenvalue weighted by Crippen LogP contribution is -2.26. The van der Waals surface area contributed by atoms with Crippen LogP contribution in [0, 0.1) is 20.8 Å². The van der Waals surface area contributed by atoms with Gasteiger partial charge in [-0.15, -0.1) is 0 Å². The van der Waals surface area contributed by atoms with E-state index in [0.29, 0.717) is 6.54 Å². The van der Waals surface area contributed by atoms with E-state index >= 15 is 0 Å². The van der Waals surface area contributed by atoms with Crippen molar-refractivity contribution in [2.45, 2.75) is 27.3 Å². The number of aromatic carboxylic acids is 1. The zero-order chi connectivity index (χ0) is 19.7. The molecule has 27 heavy (non-hydrogen) atoms. The Kier molecular flexibility index (Phi) is 4.85. The average molecular weight is 367 g/mol. The number of furan rings is 1. The molecule has 2 aromatic heterocycles. The highest BCUT2D eigenvalue weighted by atomic mass is 16.4. The number of carboxylic acid groups (broad SMARTS) is 1. The fourth-order valence-corrected chi connectivity index (χ4v) is 3.00. The van der Waals surface area contributed by atoms with Gasteiger partial charge in [0.15, 0.2) is 5.76 Å². The van der Waals surface area contributed by atoms with Crippen molar-refractivity contribution in [1.82, 2.24) is 14.7 Å². The molecule has 0 unspecified atom stereocenters. The Morgan fingerprint density at radius 1 is 1.22 bits per heavy atom. The molecule has 0 saturated carbocycles. The highest BCUT2D eigenvalue weighted by molar-refractivity contribution is 5.95. The van der Waals surface area contributed by atoms with Crippen LogP contribution in [0.3, 0.4) is 0 Å². The van der Waals surface area contributed by atoms with Gasteiger partial charge in [-0.3, -0.25) is 4.79 Å². The molecule has 1 aromatic carbocycles. The zero-order valence-corrected chi connectivity index (χ0v) is 15.7. The maximum absolute atomic E-state index is 12.6. The molecule has 1 amide bonds. The number of benzene rings is 1. The van der Waals surface area contributed by atoms with E-state index in [1.165, 1.54) is 11.0 Å². The largest absolute Gasteiger partial charge is 0.478 e. The van der Waals surface area contributed by atoms with Gasteiger partial charge in [0.05, 0.1) is 16.9 Å². The molecule has 2 heterocycles. The van der Waals surface area contributed by atoms with Crippen molar-refractivity contribution in [2.75, 3.05) is 7.05 Å². The Bertz CT molecular complexity index is 1020. The molecule has 0 aliphatic carbocycles. The second kappa shape index (κ2) is 7.11. The summed E-state index contributed by atoms with van der Waals surface area (Å²) in [5.74, 6) is -1.52. The van der Waals surface area contributed by atoms with E-state index in [9.17, 15) is 9.59 Å². The lowest BCUT2D eigenvalue weighted by Gasteiger charge is -2.16. The number of para-hydroxylation sites is 1. The van der Waals surface area contributed by atoms with E-state index < -0.39 is 5.97 Å². The van der Waals surface area contributed by atoms with Crippen LogP contribution in [-0.4, -0.2) is 38.7 Å². The molecule has 7 nitrogen and oxygen atoms in total. The summed E-state index contributed by atoms with van der Waals surface area (Å²) in [6.07, 6.45) is 1.07. The van der Waals surface area contributed by atoms with Crippen molar-refractivity contribution in [3.63, 3.8) is 0 Å². The smallest absolute Gasteiger partial charge is 0.338 e. The monoisotopic (exact) mass is 367 g/mol. The maximum Gasteiger partial charge on any atom is 0.338 e. The van der Waals surface area contributed by atoms with Crippen molar-refractivity contribution < 1.29 is 19.1 Å². The van der Waals surface area contributed by atoms with Crippen LogP contribution >= 0.6 is 0 Å². The number of rotatable bonds is 5. The van der Waals surface area contributed by atoms with Gasteiger partial charge in [-0.2, -0.15) is 5.10 Å². The highest BCUT2D eigenvalue weighted by Gasteiger charge is 2.21. The van der Waals surface area contributed by atoms with Gasteiger partial charge in [-0.25, -0.2) is 9.48 Å². The van der Waals surface area contributed by atoms with Gasteiger partial charge in [-0.05, 0) is 32.4 Å². The van der Waals surface area contributed by atoms with E-state index in [2.05, 4.69) is 5.10 Å². The molecule has 0 saturated heterocycles. The summed E-state index contributed by atoms with van der Waals surface area (Å²) in [6.45, 7) is 6.24. The third kappa shape index (κ3) is 3.48. The summed E-state index contributed by atoms with van der Waals surface area (Å²) in [5.41, 5.74) is 4.78. The van der Waals surface area contributed by atoms with Gasteiger partial charge in [0.25, 0.3) is 5.91 Å². The number of amides is 1. The Balaban J connectivity index is 1.86. The van der Waals surface area contributed by atoms with E-state index in [0.717, 1.165) is 34.5 Å². The molecule has 0 bridgehead atoms. The molecule has 0 aliphatic rings. The minimum absolute atomic E-state index is 0.00324. The van der Waals surface area contributed by atoms with Crippen LogP contribution in [0.15, 0.2) is 41.0 Å². The maximum atomic E-state index is 12.6. The predicted molar refractivity (Wildman–Crippen MR) is 99.2 cm³/mol. The van der Waals surface area contributed by atoms with Crippen molar-refractivity contribution in [1.29, 1.82) is 0 Å². The molecule has 0 radical (unpaired) electrons. The van der Waals surface area contributed by atoms with E-state index in [4.69, 9.17) is 9.52 Å². The van der Waals surface area contributed by atoms with Crippen molar-refractivity contribution in [3.8, 4) is 5.69 Å². The summed E-state index contributed by atoms with van der Waals surface area (Å²) in [7, 11) is 1.65. The molecule has 7 heteroatoms. The Morgan fingerprint density at radius 3 is 2.56 bits per heavy atom. The number of aromatic nitrogens is 2. The number of hydrogen-bond donors (Lipinski definition) is 1. The molecule has 140 valence electrons. The number of carboxylic acids is 1. The van der Waals surface area contributed by atoms with Crippen molar-refractivity contribution in [3.05, 3.63) is 70.4 Å². The fourth-order valence-electron chi connectivity index (χ4n) is 3.00. The lowest BCUT2D eigenvalue weighted by molar-refractivity contribution is 0.0695. The average Bonchev–Trinajstić information content (AvgIpc) is 3.22. The van der Waals surface area contributed by atoms with Gasteiger partial charge in [0.2, 0.25) is 0 Å². The summed E-state index contributed by atoms with van der Waals surface area (Å²) >= 11 is 0. The Morgan fingerprint density at radius 2 is 1.93 bits per heavy atom. The number of carbonyl (C=O) groups excluding carboxylic acids is 1. The number of hydrogen-bond acceptors (Lipinski definition) is 4. The SMILES string of the molecule is Cc1ccccc1-n1nc(C)c(CN(C)C(=O)c2cc(C(=O)O)co2)c1C. The van der Waals surface area contributed by atoms with Gasteiger partial charge in [0, 0.05) is 30.9 Å². The first-order chi connectivity index (χ1) is 12.8. The minimum Gasteiger partial charge on any atom is -0.478 e. The van der Waals surface area contributed by atoms with Crippen LogP contribution in [0.4, 0.5) is 0 Å². The van der Waals surface area contributed by atoms with E-state index in [1.807, 2.05) is 49.7 Å². The first-order valence-electron chi connectivity index (χ1n) is 8.48. The molecule has 0 atom stereocenters. The van der Waals surface area contributed by atoms with Crippen LogP contribution in [0.5, 0.6) is 0 Å². The topological polar surface area (TPSA) is 88.6 Å². The summed E-state index contributed by atoms with van der Waals surface area (Å²) < 4.78 is 6.99. The zero-order valence-electron chi connectivity index (χ0n) is 15.7. The third-order valence-electron chi connectivity index (χ3n) is 4.58. The highest BCUT2D eigenvalue weighted by Crippen LogP contribution is 2.22. The summed E-state index contributed by atoms with van der Waals surface area (Å²) in [4.78, 5) is 25.0. The lowest BCUT2D eigenvalue weighted by atomic mass is 10.1. The number of aryl methyl sites for hydroxylation is 2. The van der Waals surface area contributed by atoms with Crippen molar-refractivity contribution in [2.24, 2.45) is 0 Å². The Labute approximate surface area is 156 Å². The predicted octanol–water partition coefficient (Wildman–Crippen LogP) is 3.36. The molecule has 0 fully saturated rings. The van der Waals surface area contributed by atoms with Crippen LogP contribution in [0.25, 0.3) is 5.69 Å².